The molecule has 1 aromatic carbocycles. The van der Waals surface area contributed by atoms with Gasteiger partial charge in [0, 0.05) is 31.3 Å². The number of aromatic nitrogens is 1. The van der Waals surface area contributed by atoms with Crippen LogP contribution in [0.1, 0.15) is 11.5 Å². The molecule has 2 atom stereocenters. The molecule has 1 aliphatic rings. The lowest BCUT2D eigenvalue weighted by atomic mass is 9.93. The van der Waals surface area contributed by atoms with Crippen molar-refractivity contribution in [2.45, 2.75) is 18.6 Å². The SMILES string of the molecule is O=c1ccccn1CC1OCCNCC1c1ccc(Cl)c(Cl)c1. The van der Waals surface area contributed by atoms with Crippen LogP contribution in [-0.4, -0.2) is 30.4 Å². The Kier molecular flexibility index (Phi) is 5.38. The summed E-state index contributed by atoms with van der Waals surface area (Å²) in [6.45, 7) is 2.68. The maximum atomic E-state index is 12.0. The van der Waals surface area contributed by atoms with Gasteiger partial charge < -0.3 is 14.6 Å². The molecule has 122 valence electrons. The zero-order chi connectivity index (χ0) is 16.2. The molecule has 1 saturated heterocycles. The van der Waals surface area contributed by atoms with Crippen LogP contribution in [0, 0.1) is 0 Å². The van der Waals surface area contributed by atoms with Crippen molar-refractivity contribution >= 4 is 23.2 Å². The van der Waals surface area contributed by atoms with Crippen LogP contribution in [0.3, 0.4) is 0 Å². The molecule has 4 nitrogen and oxygen atoms in total. The highest BCUT2D eigenvalue weighted by molar-refractivity contribution is 6.42. The molecular formula is C17H18Cl2N2O2. The van der Waals surface area contributed by atoms with Gasteiger partial charge in [-0.1, -0.05) is 35.3 Å². The average molecular weight is 353 g/mol. The Morgan fingerprint density at radius 2 is 2.09 bits per heavy atom. The van der Waals surface area contributed by atoms with E-state index >= 15 is 0 Å². The van der Waals surface area contributed by atoms with Crippen molar-refractivity contribution in [2.75, 3.05) is 19.7 Å². The van der Waals surface area contributed by atoms with E-state index in [9.17, 15) is 4.79 Å². The molecular weight excluding hydrogens is 335 g/mol. The van der Waals surface area contributed by atoms with Crippen molar-refractivity contribution in [3.8, 4) is 0 Å². The van der Waals surface area contributed by atoms with E-state index in [1.165, 1.54) is 0 Å². The number of hydrogen-bond donors (Lipinski definition) is 1. The predicted molar refractivity (Wildman–Crippen MR) is 92.5 cm³/mol. The van der Waals surface area contributed by atoms with Gasteiger partial charge in [-0.15, -0.1) is 0 Å². The van der Waals surface area contributed by atoms with Crippen molar-refractivity contribution < 1.29 is 4.74 Å². The normalized spacial score (nSPS) is 21.8. The standard InChI is InChI=1S/C17H18Cl2N2O2/c18-14-5-4-12(9-15(14)19)13-10-20-6-8-23-16(13)11-21-7-2-1-3-17(21)22/h1-5,7,9,13,16,20H,6,8,10-11H2. The summed E-state index contributed by atoms with van der Waals surface area (Å²) in [6, 6.07) is 10.8. The molecule has 2 aromatic rings. The van der Waals surface area contributed by atoms with E-state index in [-0.39, 0.29) is 17.6 Å². The zero-order valence-electron chi connectivity index (χ0n) is 12.5. The van der Waals surface area contributed by atoms with Crippen molar-refractivity contribution in [1.29, 1.82) is 0 Å². The number of halogens is 2. The molecule has 2 heterocycles. The maximum absolute atomic E-state index is 12.0. The summed E-state index contributed by atoms with van der Waals surface area (Å²) in [5.41, 5.74) is 1.03. The van der Waals surface area contributed by atoms with Crippen LogP contribution >= 0.6 is 23.2 Å². The van der Waals surface area contributed by atoms with Crippen molar-refractivity contribution in [2.24, 2.45) is 0 Å². The number of pyridine rings is 1. The summed E-state index contributed by atoms with van der Waals surface area (Å²) in [7, 11) is 0. The van der Waals surface area contributed by atoms with Crippen LogP contribution in [0.5, 0.6) is 0 Å². The Balaban J connectivity index is 1.89. The van der Waals surface area contributed by atoms with E-state index in [4.69, 9.17) is 27.9 Å². The highest BCUT2D eigenvalue weighted by atomic mass is 35.5. The second kappa shape index (κ2) is 7.49. The molecule has 0 amide bonds. The molecule has 0 radical (unpaired) electrons. The fourth-order valence-corrected chi connectivity index (χ4v) is 3.15. The largest absolute Gasteiger partial charge is 0.374 e. The molecule has 0 bridgehead atoms. The van der Waals surface area contributed by atoms with Crippen molar-refractivity contribution in [3.63, 3.8) is 0 Å². The van der Waals surface area contributed by atoms with Crippen molar-refractivity contribution in [1.82, 2.24) is 9.88 Å². The molecule has 0 saturated carbocycles. The maximum Gasteiger partial charge on any atom is 0.250 e. The van der Waals surface area contributed by atoms with Gasteiger partial charge >= 0.3 is 0 Å². The summed E-state index contributed by atoms with van der Waals surface area (Å²) in [4.78, 5) is 12.0. The fourth-order valence-electron chi connectivity index (χ4n) is 2.85. The van der Waals surface area contributed by atoms with Crippen LogP contribution in [-0.2, 0) is 11.3 Å². The molecule has 6 heteroatoms. The third-order valence-electron chi connectivity index (χ3n) is 4.07. The molecule has 0 spiro atoms. The first-order valence-corrected chi connectivity index (χ1v) is 8.33. The summed E-state index contributed by atoms with van der Waals surface area (Å²) in [6.07, 6.45) is 1.68. The van der Waals surface area contributed by atoms with Gasteiger partial charge in [0.1, 0.15) is 0 Å². The first kappa shape index (κ1) is 16.5. The highest BCUT2D eigenvalue weighted by Crippen LogP contribution is 2.30. The number of hydrogen-bond acceptors (Lipinski definition) is 3. The minimum Gasteiger partial charge on any atom is -0.374 e. The van der Waals surface area contributed by atoms with Crippen LogP contribution in [0.4, 0.5) is 0 Å². The first-order chi connectivity index (χ1) is 11.1. The van der Waals surface area contributed by atoms with E-state index < -0.39 is 0 Å². The Morgan fingerprint density at radius 3 is 2.87 bits per heavy atom. The minimum atomic E-state index is -0.109. The second-order valence-corrected chi connectivity index (χ2v) is 6.40. The van der Waals surface area contributed by atoms with E-state index in [0.29, 0.717) is 23.2 Å². The molecule has 1 fully saturated rings. The summed E-state index contributed by atoms with van der Waals surface area (Å²) >= 11 is 12.2. The van der Waals surface area contributed by atoms with Gasteiger partial charge in [-0.3, -0.25) is 4.79 Å². The molecule has 23 heavy (non-hydrogen) atoms. The Bertz CT molecular complexity index is 733. The van der Waals surface area contributed by atoms with E-state index in [2.05, 4.69) is 5.32 Å². The monoisotopic (exact) mass is 352 g/mol. The van der Waals surface area contributed by atoms with Crippen LogP contribution < -0.4 is 10.9 Å². The van der Waals surface area contributed by atoms with Crippen LogP contribution in [0.15, 0.2) is 47.4 Å². The minimum absolute atomic E-state index is 0.0267. The molecule has 3 rings (SSSR count). The number of rotatable bonds is 3. The quantitative estimate of drug-likeness (QED) is 0.923. The lowest BCUT2D eigenvalue weighted by Crippen LogP contribution is -2.33. The second-order valence-electron chi connectivity index (χ2n) is 5.58. The van der Waals surface area contributed by atoms with Gasteiger partial charge in [-0.2, -0.15) is 0 Å². The van der Waals surface area contributed by atoms with Gasteiger partial charge in [-0.25, -0.2) is 0 Å². The molecule has 0 aliphatic carbocycles. The Labute approximate surface area is 145 Å². The molecule has 1 aromatic heterocycles. The van der Waals surface area contributed by atoms with E-state index in [0.717, 1.165) is 18.7 Å². The third-order valence-corrected chi connectivity index (χ3v) is 4.81. The fraction of sp³-hybridized carbons (Fsp3) is 0.353. The van der Waals surface area contributed by atoms with Crippen molar-refractivity contribution in [3.05, 3.63) is 68.6 Å². The van der Waals surface area contributed by atoms with Crippen LogP contribution in [0.25, 0.3) is 0 Å². The van der Waals surface area contributed by atoms with Gasteiger partial charge in [0.2, 0.25) is 0 Å². The topological polar surface area (TPSA) is 43.3 Å². The average Bonchev–Trinajstić information content (AvgIpc) is 2.78. The summed E-state index contributed by atoms with van der Waals surface area (Å²) < 4.78 is 7.68. The molecule has 1 N–H and O–H groups in total. The smallest absolute Gasteiger partial charge is 0.250 e. The van der Waals surface area contributed by atoms with Gasteiger partial charge in [-0.05, 0) is 23.8 Å². The number of benzene rings is 1. The highest BCUT2D eigenvalue weighted by Gasteiger charge is 2.27. The summed E-state index contributed by atoms with van der Waals surface area (Å²) in [5.74, 6) is 0.0966. The Hall–Kier alpha value is -1.33. The lowest BCUT2D eigenvalue weighted by Gasteiger charge is -2.26. The number of nitrogens with zero attached hydrogens (tertiary/aromatic N) is 1. The lowest BCUT2D eigenvalue weighted by molar-refractivity contribution is 0.0392. The molecule has 1 aliphatic heterocycles. The van der Waals surface area contributed by atoms with E-state index in [1.54, 1.807) is 29.0 Å². The zero-order valence-corrected chi connectivity index (χ0v) is 14.1. The van der Waals surface area contributed by atoms with Crippen LogP contribution in [0.2, 0.25) is 10.0 Å². The first-order valence-electron chi connectivity index (χ1n) is 7.58. The molecule has 2 unspecified atom stereocenters. The van der Waals surface area contributed by atoms with Gasteiger partial charge in [0.25, 0.3) is 5.56 Å². The summed E-state index contributed by atoms with van der Waals surface area (Å²) in [5, 5.41) is 4.44. The predicted octanol–water partition coefficient (Wildman–Crippen LogP) is 2.93. The van der Waals surface area contributed by atoms with E-state index in [1.807, 2.05) is 18.2 Å². The van der Waals surface area contributed by atoms with Gasteiger partial charge in [0.05, 0.1) is 29.3 Å². The third kappa shape index (κ3) is 3.96. The number of ether oxygens (including phenoxy) is 1. The Morgan fingerprint density at radius 1 is 1.22 bits per heavy atom. The number of nitrogens with one attached hydrogen (secondary N) is 1. The van der Waals surface area contributed by atoms with Gasteiger partial charge in [0.15, 0.2) is 0 Å².